The Morgan fingerprint density at radius 1 is 0.963 bits per heavy atom. The quantitative estimate of drug-likeness (QED) is 0.661. The molecule has 146 valence electrons. The summed E-state index contributed by atoms with van der Waals surface area (Å²) in [5, 5.41) is 10.9. The van der Waals surface area contributed by atoms with Crippen molar-refractivity contribution in [2.45, 2.75) is 65.7 Å². The number of phenols is 1. The van der Waals surface area contributed by atoms with E-state index in [2.05, 4.69) is 60.6 Å². The first-order valence-corrected chi connectivity index (χ1v) is 10.5. The van der Waals surface area contributed by atoms with Gasteiger partial charge in [-0.25, -0.2) is 0 Å². The minimum atomic E-state index is -0.230. The molecule has 3 heteroatoms. The zero-order valence-electron chi connectivity index (χ0n) is 17.6. The van der Waals surface area contributed by atoms with Crippen LogP contribution in [0, 0.1) is 6.92 Å². The lowest BCUT2D eigenvalue weighted by atomic mass is 9.78. The van der Waals surface area contributed by atoms with Crippen LogP contribution in [0.15, 0.2) is 36.4 Å². The average Bonchev–Trinajstić information content (AvgIpc) is 2.54. The summed E-state index contributed by atoms with van der Waals surface area (Å²) in [6, 6.07) is 12.0. The SMILES string of the molecule is Cc1ccccc1CCSC(=O)c1cc(C(C)(C)C)c(O)c(C(C)(C)C)c1. The maximum absolute atomic E-state index is 12.9. The highest BCUT2D eigenvalue weighted by atomic mass is 32.2. The lowest BCUT2D eigenvalue weighted by molar-refractivity contribution is 0.108. The van der Waals surface area contributed by atoms with Crippen LogP contribution in [0.4, 0.5) is 0 Å². The maximum Gasteiger partial charge on any atom is 0.219 e. The van der Waals surface area contributed by atoms with E-state index in [1.807, 2.05) is 24.3 Å². The third-order valence-corrected chi connectivity index (χ3v) is 5.73. The molecule has 2 aromatic rings. The van der Waals surface area contributed by atoms with E-state index in [1.54, 1.807) is 0 Å². The van der Waals surface area contributed by atoms with Crippen molar-refractivity contribution in [3.63, 3.8) is 0 Å². The highest BCUT2D eigenvalue weighted by molar-refractivity contribution is 8.14. The Bertz CT molecular complexity index is 788. The van der Waals surface area contributed by atoms with Crippen LogP contribution in [0.1, 0.15) is 74.2 Å². The van der Waals surface area contributed by atoms with Gasteiger partial charge in [-0.2, -0.15) is 0 Å². The number of benzene rings is 2. The summed E-state index contributed by atoms with van der Waals surface area (Å²) in [5.74, 6) is 1.07. The van der Waals surface area contributed by atoms with E-state index in [-0.39, 0.29) is 15.9 Å². The van der Waals surface area contributed by atoms with Gasteiger partial charge in [-0.15, -0.1) is 0 Å². The van der Waals surface area contributed by atoms with Crippen molar-refractivity contribution >= 4 is 16.9 Å². The molecule has 0 spiro atoms. The van der Waals surface area contributed by atoms with Crippen LogP contribution in [-0.4, -0.2) is 16.0 Å². The topological polar surface area (TPSA) is 37.3 Å². The van der Waals surface area contributed by atoms with E-state index in [9.17, 15) is 9.90 Å². The van der Waals surface area contributed by atoms with Crippen LogP contribution < -0.4 is 0 Å². The molecule has 2 aromatic carbocycles. The Labute approximate surface area is 168 Å². The number of aromatic hydroxyl groups is 1. The first kappa shape index (κ1) is 21.6. The second-order valence-corrected chi connectivity index (χ2v) is 10.3. The number of aryl methyl sites for hydroxylation is 2. The van der Waals surface area contributed by atoms with Crippen molar-refractivity contribution in [3.05, 3.63) is 64.2 Å². The van der Waals surface area contributed by atoms with Gasteiger partial charge >= 0.3 is 0 Å². The van der Waals surface area contributed by atoms with E-state index in [1.165, 1.54) is 22.9 Å². The summed E-state index contributed by atoms with van der Waals surface area (Å²) in [6.07, 6.45) is 0.874. The fraction of sp³-hybridized carbons (Fsp3) is 0.458. The Balaban J connectivity index is 2.26. The lowest BCUT2D eigenvalue weighted by Gasteiger charge is -2.28. The highest BCUT2D eigenvalue weighted by Crippen LogP contribution is 2.40. The van der Waals surface area contributed by atoms with Crippen molar-refractivity contribution in [3.8, 4) is 5.75 Å². The number of rotatable bonds is 4. The van der Waals surface area contributed by atoms with Gasteiger partial charge in [0, 0.05) is 22.4 Å². The Morgan fingerprint density at radius 3 is 1.96 bits per heavy atom. The maximum atomic E-state index is 12.9. The predicted molar refractivity (Wildman–Crippen MR) is 117 cm³/mol. The molecule has 0 unspecified atom stereocenters. The van der Waals surface area contributed by atoms with E-state index in [0.717, 1.165) is 23.3 Å². The summed E-state index contributed by atoms with van der Waals surface area (Å²) in [7, 11) is 0. The standard InChI is InChI=1S/C24H32O2S/c1-16-10-8-9-11-17(16)12-13-27-22(26)18-14-19(23(2,3)4)21(25)20(15-18)24(5,6)7/h8-11,14-15,25H,12-13H2,1-7H3. The second-order valence-electron chi connectivity index (χ2n) is 9.23. The first-order chi connectivity index (χ1) is 12.4. The van der Waals surface area contributed by atoms with Gasteiger partial charge in [0.1, 0.15) is 5.75 Å². The molecule has 0 radical (unpaired) electrons. The van der Waals surface area contributed by atoms with E-state index in [0.29, 0.717) is 11.3 Å². The second kappa shape index (κ2) is 8.10. The van der Waals surface area contributed by atoms with E-state index in [4.69, 9.17) is 0 Å². The Morgan fingerprint density at radius 2 is 1.48 bits per heavy atom. The zero-order chi connectivity index (χ0) is 20.4. The molecule has 0 aliphatic heterocycles. The van der Waals surface area contributed by atoms with Gasteiger partial charge < -0.3 is 5.11 Å². The van der Waals surface area contributed by atoms with Gasteiger partial charge in [-0.1, -0.05) is 77.6 Å². The van der Waals surface area contributed by atoms with Crippen LogP contribution in [0.5, 0.6) is 5.75 Å². The molecule has 2 rings (SSSR count). The molecule has 0 saturated carbocycles. The predicted octanol–water partition coefficient (Wildman–Crippen LogP) is 6.41. The summed E-state index contributed by atoms with van der Waals surface area (Å²) < 4.78 is 0. The molecule has 0 aliphatic rings. The normalized spacial score (nSPS) is 12.3. The molecule has 0 heterocycles. The summed E-state index contributed by atoms with van der Waals surface area (Å²) in [6.45, 7) is 14.5. The number of hydrogen-bond donors (Lipinski definition) is 1. The number of hydrogen-bond acceptors (Lipinski definition) is 3. The van der Waals surface area contributed by atoms with Crippen LogP contribution in [0.2, 0.25) is 0 Å². The molecule has 27 heavy (non-hydrogen) atoms. The minimum Gasteiger partial charge on any atom is -0.507 e. The van der Waals surface area contributed by atoms with E-state index < -0.39 is 0 Å². The largest absolute Gasteiger partial charge is 0.507 e. The fourth-order valence-electron chi connectivity index (χ4n) is 3.12. The van der Waals surface area contributed by atoms with Gasteiger partial charge in [0.15, 0.2) is 0 Å². The summed E-state index contributed by atoms with van der Waals surface area (Å²) >= 11 is 1.36. The number of carbonyl (C=O) groups excluding carboxylic acids is 1. The molecule has 0 fully saturated rings. The smallest absolute Gasteiger partial charge is 0.219 e. The van der Waals surface area contributed by atoms with Gasteiger partial charge in [-0.3, -0.25) is 4.79 Å². The zero-order valence-corrected chi connectivity index (χ0v) is 18.5. The fourth-order valence-corrected chi connectivity index (χ4v) is 3.92. The number of thioether (sulfide) groups is 1. The molecular formula is C24H32O2S. The third kappa shape index (κ3) is 5.38. The van der Waals surface area contributed by atoms with E-state index >= 15 is 0 Å². The lowest BCUT2D eigenvalue weighted by Crippen LogP contribution is -2.18. The average molecular weight is 385 g/mol. The molecule has 0 amide bonds. The van der Waals surface area contributed by atoms with Crippen molar-refractivity contribution in [2.75, 3.05) is 5.75 Å². The van der Waals surface area contributed by atoms with Gasteiger partial charge in [0.25, 0.3) is 0 Å². The summed E-state index contributed by atoms with van der Waals surface area (Å²) in [5.41, 5.74) is 4.43. The van der Waals surface area contributed by atoms with Gasteiger partial charge in [0.2, 0.25) is 5.12 Å². The summed E-state index contributed by atoms with van der Waals surface area (Å²) in [4.78, 5) is 12.9. The monoisotopic (exact) mass is 384 g/mol. The molecule has 2 nitrogen and oxygen atoms in total. The molecule has 0 aromatic heterocycles. The van der Waals surface area contributed by atoms with Crippen LogP contribution in [0.3, 0.4) is 0 Å². The number of carbonyl (C=O) groups is 1. The number of phenolic OH excluding ortho intramolecular Hbond substituents is 1. The molecule has 0 saturated heterocycles. The molecule has 0 bridgehead atoms. The van der Waals surface area contributed by atoms with Gasteiger partial charge in [0.05, 0.1) is 0 Å². The third-order valence-electron chi connectivity index (χ3n) is 4.83. The van der Waals surface area contributed by atoms with Crippen molar-refractivity contribution in [1.29, 1.82) is 0 Å². The van der Waals surface area contributed by atoms with Crippen LogP contribution in [-0.2, 0) is 17.3 Å². The Hall–Kier alpha value is -1.74. The molecule has 0 aliphatic carbocycles. The molecule has 0 atom stereocenters. The Kier molecular flexibility index (Phi) is 6.47. The van der Waals surface area contributed by atoms with Crippen LogP contribution in [0.25, 0.3) is 0 Å². The van der Waals surface area contributed by atoms with Crippen LogP contribution >= 0.6 is 11.8 Å². The highest BCUT2D eigenvalue weighted by Gasteiger charge is 2.27. The first-order valence-electron chi connectivity index (χ1n) is 9.51. The van der Waals surface area contributed by atoms with Crippen molar-refractivity contribution in [1.82, 2.24) is 0 Å². The van der Waals surface area contributed by atoms with Crippen molar-refractivity contribution in [2.24, 2.45) is 0 Å². The minimum absolute atomic E-state index is 0.0691. The molecule has 1 N–H and O–H groups in total. The van der Waals surface area contributed by atoms with Crippen molar-refractivity contribution < 1.29 is 9.90 Å². The molecular weight excluding hydrogens is 352 g/mol. The van der Waals surface area contributed by atoms with Gasteiger partial charge in [-0.05, 0) is 47.4 Å².